The Balaban J connectivity index is 1.50. The SMILES string of the molecule is CC(=O)N[C@@H](Cc1cccc(F)c1)[C@@H](O)CN[C@H]1CC2(CCC2)Oc2cnc(CC(C)(C)C)cc21. The monoisotopic (exact) mass is 483 g/mol. The average molecular weight is 484 g/mol. The molecule has 0 saturated heterocycles. The van der Waals surface area contributed by atoms with Crippen LogP contribution in [0, 0.1) is 11.2 Å². The van der Waals surface area contributed by atoms with Crippen molar-refractivity contribution in [2.45, 2.75) is 90.0 Å². The number of aliphatic hydroxyl groups is 1. The van der Waals surface area contributed by atoms with E-state index in [9.17, 15) is 14.3 Å². The zero-order chi connectivity index (χ0) is 25.2. The first-order valence-electron chi connectivity index (χ1n) is 12.6. The number of amides is 1. The van der Waals surface area contributed by atoms with Crippen LogP contribution in [0.1, 0.15) is 76.2 Å². The van der Waals surface area contributed by atoms with Crippen LogP contribution >= 0.6 is 0 Å². The van der Waals surface area contributed by atoms with Gasteiger partial charge in [0.1, 0.15) is 17.2 Å². The van der Waals surface area contributed by atoms with Crippen molar-refractivity contribution in [3.05, 3.63) is 59.2 Å². The molecule has 2 aromatic rings. The fraction of sp³-hybridized carbons (Fsp3) is 0.571. The Bertz CT molecular complexity index is 1050. The Morgan fingerprint density at radius 1 is 1.31 bits per heavy atom. The minimum atomic E-state index is -0.846. The Labute approximate surface area is 207 Å². The number of nitrogens with zero attached hydrogens (tertiary/aromatic N) is 1. The highest BCUT2D eigenvalue weighted by Crippen LogP contribution is 2.48. The van der Waals surface area contributed by atoms with E-state index in [0.717, 1.165) is 54.7 Å². The van der Waals surface area contributed by atoms with E-state index in [1.807, 2.05) is 6.20 Å². The zero-order valence-corrected chi connectivity index (χ0v) is 21.2. The standard InChI is InChI=1S/C28H38FN3O3/c1-18(33)32-23(12-19-7-5-8-20(29)11-19)25(34)16-31-24-15-28(9-6-10-28)35-26-17-30-21(13-22(24)26)14-27(2,3)4/h5,7-8,11,13,17,23-25,31,34H,6,9-10,12,14-16H2,1-4H3,(H,32,33)/t23-,24-,25-/m0/s1. The lowest BCUT2D eigenvalue weighted by Gasteiger charge is -2.48. The van der Waals surface area contributed by atoms with E-state index in [0.29, 0.717) is 6.42 Å². The van der Waals surface area contributed by atoms with Crippen molar-refractivity contribution in [3.8, 4) is 5.75 Å². The third kappa shape index (κ3) is 6.58. The molecule has 0 unspecified atom stereocenters. The number of nitrogens with one attached hydrogen (secondary N) is 2. The predicted molar refractivity (Wildman–Crippen MR) is 134 cm³/mol. The summed E-state index contributed by atoms with van der Waals surface area (Å²) in [5.74, 6) is 0.257. The van der Waals surface area contributed by atoms with Crippen molar-refractivity contribution in [1.29, 1.82) is 0 Å². The Kier molecular flexibility index (Phi) is 7.48. The average Bonchev–Trinajstić information content (AvgIpc) is 2.74. The lowest BCUT2D eigenvalue weighted by atomic mass is 9.73. The van der Waals surface area contributed by atoms with Crippen LogP contribution in [-0.4, -0.2) is 40.3 Å². The van der Waals surface area contributed by atoms with Gasteiger partial charge in [0.2, 0.25) is 5.91 Å². The second kappa shape index (κ2) is 10.2. The summed E-state index contributed by atoms with van der Waals surface area (Å²) in [6, 6.07) is 7.88. The maximum absolute atomic E-state index is 13.7. The van der Waals surface area contributed by atoms with E-state index in [4.69, 9.17) is 4.74 Å². The van der Waals surface area contributed by atoms with Crippen LogP contribution in [0.15, 0.2) is 36.5 Å². The lowest BCUT2D eigenvalue weighted by molar-refractivity contribution is -0.120. The lowest BCUT2D eigenvalue weighted by Crippen LogP contribution is -2.52. The zero-order valence-electron chi connectivity index (χ0n) is 21.2. The number of pyridine rings is 1. The Hall–Kier alpha value is -2.51. The summed E-state index contributed by atoms with van der Waals surface area (Å²) < 4.78 is 20.1. The predicted octanol–water partition coefficient (Wildman–Crippen LogP) is 4.25. The largest absolute Gasteiger partial charge is 0.485 e. The van der Waals surface area contributed by atoms with Crippen LogP contribution in [0.5, 0.6) is 5.75 Å². The van der Waals surface area contributed by atoms with Gasteiger partial charge in [0.25, 0.3) is 0 Å². The molecular formula is C28H38FN3O3. The van der Waals surface area contributed by atoms with Crippen LogP contribution in [-0.2, 0) is 17.6 Å². The Morgan fingerprint density at radius 2 is 2.09 bits per heavy atom. The highest BCUT2D eigenvalue weighted by atomic mass is 19.1. The molecule has 1 amide bonds. The summed E-state index contributed by atoms with van der Waals surface area (Å²) in [5, 5.41) is 17.5. The molecule has 0 radical (unpaired) electrons. The molecule has 35 heavy (non-hydrogen) atoms. The molecule has 3 N–H and O–H groups in total. The summed E-state index contributed by atoms with van der Waals surface area (Å²) >= 11 is 0. The van der Waals surface area contributed by atoms with Crippen LogP contribution in [0.25, 0.3) is 0 Å². The van der Waals surface area contributed by atoms with Crippen molar-refractivity contribution < 1.29 is 19.0 Å². The number of carbonyl (C=O) groups excluding carboxylic acids is 1. The number of carbonyl (C=O) groups is 1. The second-order valence-electron chi connectivity index (χ2n) is 11.5. The van der Waals surface area contributed by atoms with Crippen molar-refractivity contribution in [2.75, 3.05) is 6.54 Å². The van der Waals surface area contributed by atoms with Gasteiger partial charge in [-0.2, -0.15) is 0 Å². The first kappa shape index (κ1) is 25.6. The first-order valence-corrected chi connectivity index (χ1v) is 12.6. The summed E-state index contributed by atoms with van der Waals surface area (Å²) in [6.07, 6.45) is 6.23. The minimum absolute atomic E-state index is 0.0163. The van der Waals surface area contributed by atoms with Gasteiger partial charge >= 0.3 is 0 Å². The first-order chi connectivity index (χ1) is 16.5. The summed E-state index contributed by atoms with van der Waals surface area (Å²) in [7, 11) is 0. The number of benzene rings is 1. The van der Waals surface area contributed by atoms with Crippen molar-refractivity contribution in [1.82, 2.24) is 15.6 Å². The van der Waals surface area contributed by atoms with Crippen molar-refractivity contribution >= 4 is 5.91 Å². The smallest absolute Gasteiger partial charge is 0.217 e. The minimum Gasteiger partial charge on any atom is -0.485 e. The molecule has 0 bridgehead atoms. The molecule has 1 spiro atoms. The number of hydrogen-bond donors (Lipinski definition) is 3. The van der Waals surface area contributed by atoms with Gasteiger partial charge in [0.05, 0.1) is 18.3 Å². The van der Waals surface area contributed by atoms with E-state index < -0.39 is 12.1 Å². The third-order valence-electron chi connectivity index (χ3n) is 6.98. The molecule has 1 fully saturated rings. The highest BCUT2D eigenvalue weighted by molar-refractivity contribution is 5.73. The number of halogens is 1. The highest BCUT2D eigenvalue weighted by Gasteiger charge is 2.46. The van der Waals surface area contributed by atoms with Crippen LogP contribution in [0.3, 0.4) is 0 Å². The molecule has 1 aliphatic carbocycles. The molecule has 3 atom stereocenters. The number of aromatic nitrogens is 1. The van der Waals surface area contributed by atoms with Gasteiger partial charge < -0.3 is 20.5 Å². The maximum atomic E-state index is 13.7. The van der Waals surface area contributed by atoms with Gasteiger partial charge in [-0.1, -0.05) is 32.9 Å². The van der Waals surface area contributed by atoms with E-state index in [-0.39, 0.29) is 35.3 Å². The number of hydrogen-bond acceptors (Lipinski definition) is 5. The number of aliphatic hydroxyl groups excluding tert-OH is 1. The number of fused-ring (bicyclic) bond motifs is 1. The van der Waals surface area contributed by atoms with E-state index >= 15 is 0 Å². The number of rotatable bonds is 8. The molecule has 1 saturated carbocycles. The van der Waals surface area contributed by atoms with E-state index in [1.165, 1.54) is 19.1 Å². The van der Waals surface area contributed by atoms with Crippen molar-refractivity contribution in [2.24, 2.45) is 5.41 Å². The quantitative estimate of drug-likeness (QED) is 0.523. The van der Waals surface area contributed by atoms with Crippen LogP contribution < -0.4 is 15.4 Å². The van der Waals surface area contributed by atoms with E-state index in [2.05, 4.69) is 42.5 Å². The second-order valence-corrected chi connectivity index (χ2v) is 11.5. The molecule has 2 aliphatic rings. The molecule has 1 aliphatic heterocycles. The van der Waals surface area contributed by atoms with Crippen LogP contribution in [0.2, 0.25) is 0 Å². The van der Waals surface area contributed by atoms with Crippen molar-refractivity contribution in [3.63, 3.8) is 0 Å². The molecular weight excluding hydrogens is 445 g/mol. The molecule has 7 heteroatoms. The summed E-state index contributed by atoms with van der Waals surface area (Å²) in [6.45, 7) is 8.30. The maximum Gasteiger partial charge on any atom is 0.217 e. The molecule has 1 aromatic heterocycles. The fourth-order valence-electron chi connectivity index (χ4n) is 5.19. The number of ether oxygens (including phenoxy) is 1. The van der Waals surface area contributed by atoms with Crippen LogP contribution in [0.4, 0.5) is 4.39 Å². The molecule has 2 heterocycles. The normalized spacial score (nSPS) is 20.3. The summed E-state index contributed by atoms with van der Waals surface area (Å²) in [5.41, 5.74) is 2.78. The Morgan fingerprint density at radius 3 is 2.71 bits per heavy atom. The van der Waals surface area contributed by atoms with Gasteiger partial charge in [0, 0.05) is 37.2 Å². The van der Waals surface area contributed by atoms with Gasteiger partial charge in [-0.15, -0.1) is 0 Å². The van der Waals surface area contributed by atoms with Gasteiger partial charge in [0.15, 0.2) is 0 Å². The molecule has 6 nitrogen and oxygen atoms in total. The van der Waals surface area contributed by atoms with Gasteiger partial charge in [-0.3, -0.25) is 9.78 Å². The van der Waals surface area contributed by atoms with Gasteiger partial charge in [-0.05, 0) is 61.3 Å². The molecule has 4 rings (SSSR count). The van der Waals surface area contributed by atoms with E-state index in [1.54, 1.807) is 12.1 Å². The third-order valence-corrected chi connectivity index (χ3v) is 6.98. The van der Waals surface area contributed by atoms with Gasteiger partial charge in [-0.25, -0.2) is 4.39 Å². The topological polar surface area (TPSA) is 83.5 Å². The fourth-order valence-corrected chi connectivity index (χ4v) is 5.19. The summed E-state index contributed by atoms with van der Waals surface area (Å²) in [4.78, 5) is 16.5. The molecule has 1 aromatic carbocycles. The molecule has 190 valence electrons.